The Morgan fingerprint density at radius 1 is 1.35 bits per heavy atom. The number of hydrogen-bond acceptors (Lipinski definition) is 4. The van der Waals surface area contributed by atoms with Crippen LogP contribution in [0.2, 0.25) is 0 Å². The predicted molar refractivity (Wildman–Crippen MR) is 64.0 cm³/mol. The fourth-order valence-corrected chi connectivity index (χ4v) is 1.56. The summed E-state index contributed by atoms with van der Waals surface area (Å²) >= 11 is 0. The van der Waals surface area contributed by atoms with Crippen LogP contribution in [0.4, 0.5) is 0 Å². The van der Waals surface area contributed by atoms with Gasteiger partial charge in [-0.25, -0.2) is 0 Å². The molecule has 5 nitrogen and oxygen atoms in total. The van der Waals surface area contributed by atoms with Gasteiger partial charge >= 0.3 is 5.56 Å². The Labute approximate surface area is 101 Å². The van der Waals surface area contributed by atoms with Crippen molar-refractivity contribution in [3.8, 4) is 0 Å². The van der Waals surface area contributed by atoms with Gasteiger partial charge in [0.15, 0.2) is 0 Å². The molecule has 1 rings (SSSR count). The van der Waals surface area contributed by atoms with Gasteiger partial charge in [-0.15, -0.1) is 4.73 Å². The molecule has 0 fully saturated rings. The van der Waals surface area contributed by atoms with Gasteiger partial charge in [-0.1, -0.05) is 27.7 Å². The summed E-state index contributed by atoms with van der Waals surface area (Å²) in [6, 6.07) is 0. The van der Waals surface area contributed by atoms with Gasteiger partial charge in [-0.2, -0.15) is 0 Å². The van der Waals surface area contributed by atoms with Crippen LogP contribution in [0, 0.1) is 11.8 Å². The van der Waals surface area contributed by atoms with Gasteiger partial charge in [-0.05, 0) is 18.3 Å². The molecule has 2 N–H and O–H groups in total. The molecule has 96 valence electrons. The summed E-state index contributed by atoms with van der Waals surface area (Å²) in [6.07, 6.45) is 0.981. The summed E-state index contributed by atoms with van der Waals surface area (Å²) < 4.78 is 0.509. The molecule has 0 radical (unpaired) electrons. The third-order valence-corrected chi connectivity index (χ3v) is 2.57. The third kappa shape index (κ3) is 3.06. The maximum Gasteiger partial charge on any atom is 0.304 e. The lowest BCUT2D eigenvalue weighted by molar-refractivity contribution is 0.0767. The molecular formula is C12H20N2O3. The second-order valence-corrected chi connectivity index (χ2v) is 5.03. The largest absolute Gasteiger partial charge is 0.425 e. The number of aromatic nitrogens is 2. The maximum absolute atomic E-state index is 11.8. The van der Waals surface area contributed by atoms with Gasteiger partial charge in [0.05, 0.1) is 6.20 Å². The lowest BCUT2D eigenvalue weighted by atomic mass is 10.0. The van der Waals surface area contributed by atoms with E-state index in [0.29, 0.717) is 16.8 Å². The van der Waals surface area contributed by atoms with Crippen LogP contribution in [0.25, 0.3) is 0 Å². The van der Waals surface area contributed by atoms with Crippen LogP contribution < -0.4 is 5.56 Å². The summed E-state index contributed by atoms with van der Waals surface area (Å²) in [5.74, 6) is 0.196. The summed E-state index contributed by atoms with van der Waals surface area (Å²) in [7, 11) is 0. The van der Waals surface area contributed by atoms with E-state index in [1.54, 1.807) is 13.8 Å². The first kappa shape index (κ1) is 13.7. The highest BCUT2D eigenvalue weighted by molar-refractivity contribution is 5.08. The Hall–Kier alpha value is -1.36. The fourth-order valence-electron chi connectivity index (χ4n) is 1.56. The van der Waals surface area contributed by atoms with Crippen LogP contribution in [-0.4, -0.2) is 20.0 Å². The van der Waals surface area contributed by atoms with Crippen molar-refractivity contribution in [2.75, 3.05) is 0 Å². The smallest absolute Gasteiger partial charge is 0.304 e. The zero-order chi connectivity index (χ0) is 13.2. The van der Waals surface area contributed by atoms with Crippen LogP contribution in [0.1, 0.15) is 45.2 Å². The van der Waals surface area contributed by atoms with E-state index in [4.69, 9.17) is 0 Å². The number of aliphatic hydroxyl groups excluding tert-OH is 1. The Morgan fingerprint density at radius 2 is 1.94 bits per heavy atom. The average molecular weight is 240 g/mol. The van der Waals surface area contributed by atoms with Gasteiger partial charge in [0.2, 0.25) is 0 Å². The molecule has 1 aromatic rings. The minimum Gasteiger partial charge on any atom is -0.425 e. The Bertz CT molecular complexity index is 438. The molecule has 0 amide bonds. The average Bonchev–Trinajstić information content (AvgIpc) is 2.23. The zero-order valence-electron chi connectivity index (χ0n) is 10.7. The van der Waals surface area contributed by atoms with Crippen molar-refractivity contribution >= 4 is 0 Å². The van der Waals surface area contributed by atoms with Gasteiger partial charge < -0.3 is 10.3 Å². The van der Waals surface area contributed by atoms with Crippen LogP contribution in [0.3, 0.4) is 0 Å². The second kappa shape index (κ2) is 5.31. The number of nitrogens with zero attached hydrogens (tertiary/aromatic N) is 2. The summed E-state index contributed by atoms with van der Waals surface area (Å²) in [4.78, 5) is 15.8. The van der Waals surface area contributed by atoms with Crippen molar-refractivity contribution in [2.24, 2.45) is 11.8 Å². The van der Waals surface area contributed by atoms with Gasteiger partial charge in [-0.3, -0.25) is 9.78 Å². The molecule has 0 aromatic carbocycles. The summed E-state index contributed by atoms with van der Waals surface area (Å²) in [5, 5.41) is 19.5. The molecule has 0 bridgehead atoms. The number of aliphatic hydroxyl groups is 1. The second-order valence-electron chi connectivity index (χ2n) is 5.03. The van der Waals surface area contributed by atoms with Crippen LogP contribution in [-0.2, 0) is 6.42 Å². The van der Waals surface area contributed by atoms with Crippen LogP contribution in [0.5, 0.6) is 0 Å². The molecule has 0 aliphatic carbocycles. The molecule has 1 aromatic heterocycles. The monoisotopic (exact) mass is 240 g/mol. The standard InChI is InChI=1S/C12H20N2O3/c1-7(2)5-9-12(16)14(17)10(6-13-9)11(15)8(3)4/h6-8,11,15,17H,5H2,1-4H3. The van der Waals surface area contributed by atoms with Gasteiger partial charge in [0.25, 0.3) is 0 Å². The summed E-state index contributed by atoms with van der Waals surface area (Å²) in [6.45, 7) is 7.55. The normalized spacial score (nSPS) is 13.4. The maximum atomic E-state index is 11.8. The van der Waals surface area contributed by atoms with Crippen molar-refractivity contribution in [2.45, 2.75) is 40.2 Å². The van der Waals surface area contributed by atoms with E-state index in [9.17, 15) is 15.1 Å². The highest BCUT2D eigenvalue weighted by Gasteiger charge is 2.19. The van der Waals surface area contributed by atoms with Crippen LogP contribution >= 0.6 is 0 Å². The van der Waals surface area contributed by atoms with Crippen molar-refractivity contribution in [1.29, 1.82) is 0 Å². The minimum atomic E-state index is -0.895. The SMILES string of the molecule is CC(C)Cc1ncc(C(O)C(C)C)n(O)c1=O. The molecule has 5 heteroatoms. The number of hydrogen-bond donors (Lipinski definition) is 2. The first-order valence-electron chi connectivity index (χ1n) is 5.82. The van der Waals surface area contributed by atoms with Crippen molar-refractivity contribution in [3.63, 3.8) is 0 Å². The predicted octanol–water partition coefficient (Wildman–Crippen LogP) is 1.37. The molecule has 0 saturated carbocycles. The van der Waals surface area contributed by atoms with Crippen molar-refractivity contribution in [3.05, 3.63) is 27.9 Å². The fraction of sp³-hybridized carbons (Fsp3) is 0.667. The molecule has 0 saturated heterocycles. The first-order valence-corrected chi connectivity index (χ1v) is 5.82. The van der Waals surface area contributed by atoms with Gasteiger partial charge in [0, 0.05) is 0 Å². The van der Waals surface area contributed by atoms with Crippen molar-refractivity contribution < 1.29 is 10.3 Å². The quantitative estimate of drug-likeness (QED) is 0.779. The van der Waals surface area contributed by atoms with E-state index in [-0.39, 0.29) is 17.5 Å². The molecule has 1 atom stereocenters. The van der Waals surface area contributed by atoms with E-state index < -0.39 is 11.7 Å². The molecule has 0 aliphatic heterocycles. The Balaban J connectivity index is 3.15. The molecule has 1 unspecified atom stereocenters. The topological polar surface area (TPSA) is 75.3 Å². The molecule has 0 spiro atoms. The first-order chi connectivity index (χ1) is 7.84. The number of rotatable bonds is 4. The van der Waals surface area contributed by atoms with Crippen molar-refractivity contribution in [1.82, 2.24) is 9.71 Å². The van der Waals surface area contributed by atoms with Crippen LogP contribution in [0.15, 0.2) is 11.0 Å². The van der Waals surface area contributed by atoms with E-state index >= 15 is 0 Å². The van der Waals surface area contributed by atoms with E-state index in [1.807, 2.05) is 13.8 Å². The molecular weight excluding hydrogens is 220 g/mol. The van der Waals surface area contributed by atoms with Gasteiger partial charge in [0.1, 0.15) is 17.5 Å². The van der Waals surface area contributed by atoms with E-state index in [2.05, 4.69) is 4.98 Å². The molecule has 0 aliphatic rings. The van der Waals surface area contributed by atoms with E-state index in [0.717, 1.165) is 0 Å². The Kier molecular flexibility index (Phi) is 4.28. The Morgan fingerprint density at radius 3 is 2.41 bits per heavy atom. The highest BCUT2D eigenvalue weighted by atomic mass is 16.5. The van der Waals surface area contributed by atoms with E-state index in [1.165, 1.54) is 6.20 Å². The lowest BCUT2D eigenvalue weighted by Crippen LogP contribution is -2.29. The molecule has 17 heavy (non-hydrogen) atoms. The zero-order valence-corrected chi connectivity index (χ0v) is 10.7. The highest BCUT2D eigenvalue weighted by Crippen LogP contribution is 2.18. The molecule has 1 heterocycles. The third-order valence-electron chi connectivity index (χ3n) is 2.57. The minimum absolute atomic E-state index is 0.0921. The summed E-state index contributed by atoms with van der Waals surface area (Å²) in [5.41, 5.74) is -0.0874. The lowest BCUT2D eigenvalue weighted by Gasteiger charge is -2.16.